The molecular weight excluding hydrogens is 208 g/mol. The molecule has 0 aromatic carbocycles. The topological polar surface area (TPSA) is 69.6 Å². The van der Waals surface area contributed by atoms with Gasteiger partial charge in [0.25, 0.3) is 0 Å². The molecule has 0 saturated carbocycles. The summed E-state index contributed by atoms with van der Waals surface area (Å²) in [4.78, 5) is 23.6. The number of nitrogens with one attached hydrogen (secondary N) is 1. The van der Waals surface area contributed by atoms with Gasteiger partial charge in [0.2, 0.25) is 0 Å². The minimum Gasteiger partial charge on any atom is -0.481 e. The number of carbonyl (C=O) groups excluding carboxylic acids is 1. The average molecular weight is 226 g/mol. The van der Waals surface area contributed by atoms with Gasteiger partial charge >= 0.3 is 12.0 Å². The molecule has 1 aliphatic rings. The Kier molecular flexibility index (Phi) is 4.82. The molecule has 1 aliphatic heterocycles. The lowest BCUT2D eigenvalue weighted by Gasteiger charge is -2.25. The number of nitrogens with zero attached hydrogens (tertiary/aromatic N) is 1. The second-order valence-corrected chi connectivity index (χ2v) is 3.98. The number of rotatable bonds is 4. The lowest BCUT2D eigenvalue weighted by atomic mass is 10.1. The van der Waals surface area contributed by atoms with E-state index in [4.69, 9.17) is 5.11 Å². The zero-order chi connectivity index (χ0) is 12.0. The molecule has 0 bridgehead atoms. The molecule has 90 valence electrons. The number of amides is 2. The van der Waals surface area contributed by atoms with Crippen molar-refractivity contribution in [1.29, 1.82) is 0 Å². The number of urea groups is 1. The summed E-state index contributed by atoms with van der Waals surface area (Å²) in [6.45, 7) is 3.87. The number of carboxylic acid groups (broad SMARTS) is 1. The van der Waals surface area contributed by atoms with E-state index in [1.807, 2.05) is 6.08 Å². The summed E-state index contributed by atoms with van der Waals surface area (Å²) in [6.07, 6.45) is 3.53. The molecule has 0 spiro atoms. The van der Waals surface area contributed by atoms with E-state index >= 15 is 0 Å². The van der Waals surface area contributed by atoms with Gasteiger partial charge in [0.05, 0.1) is 0 Å². The van der Waals surface area contributed by atoms with Crippen LogP contribution in [-0.2, 0) is 4.79 Å². The van der Waals surface area contributed by atoms with Gasteiger partial charge in [-0.1, -0.05) is 11.6 Å². The molecule has 5 nitrogen and oxygen atoms in total. The molecule has 0 saturated heterocycles. The maximum atomic E-state index is 11.6. The standard InChI is InChI=1S/C11H18N2O3/c1-9-4-7-13(8-5-9)11(16)12-6-2-3-10(14)15/h4H,2-3,5-8H2,1H3,(H,12,16)(H,14,15). The number of carbonyl (C=O) groups is 2. The summed E-state index contributed by atoms with van der Waals surface area (Å²) in [7, 11) is 0. The lowest BCUT2D eigenvalue weighted by Crippen LogP contribution is -2.42. The highest BCUT2D eigenvalue weighted by atomic mass is 16.4. The summed E-state index contributed by atoms with van der Waals surface area (Å²) in [5, 5.41) is 11.1. The summed E-state index contributed by atoms with van der Waals surface area (Å²) in [6, 6.07) is -0.103. The van der Waals surface area contributed by atoms with E-state index < -0.39 is 5.97 Å². The Morgan fingerprint density at radius 1 is 1.56 bits per heavy atom. The van der Waals surface area contributed by atoms with Gasteiger partial charge in [-0.3, -0.25) is 4.79 Å². The van der Waals surface area contributed by atoms with E-state index in [2.05, 4.69) is 12.2 Å². The highest BCUT2D eigenvalue weighted by molar-refractivity contribution is 5.74. The minimum absolute atomic E-state index is 0.0965. The van der Waals surface area contributed by atoms with Crippen LogP contribution < -0.4 is 5.32 Å². The van der Waals surface area contributed by atoms with Gasteiger partial charge < -0.3 is 15.3 Å². The predicted octanol–water partition coefficient (Wildman–Crippen LogP) is 1.21. The number of aliphatic carboxylic acids is 1. The number of carboxylic acids is 1. The van der Waals surface area contributed by atoms with Crippen molar-refractivity contribution in [2.45, 2.75) is 26.2 Å². The molecule has 0 unspecified atom stereocenters. The fourth-order valence-corrected chi connectivity index (χ4v) is 1.50. The van der Waals surface area contributed by atoms with Crippen molar-refractivity contribution in [3.63, 3.8) is 0 Å². The average Bonchev–Trinajstić information content (AvgIpc) is 2.25. The Hall–Kier alpha value is -1.52. The molecule has 0 aromatic rings. The Bertz CT molecular complexity index is 300. The van der Waals surface area contributed by atoms with Crippen molar-refractivity contribution in [2.24, 2.45) is 0 Å². The van der Waals surface area contributed by atoms with E-state index in [0.717, 1.165) is 13.0 Å². The highest BCUT2D eigenvalue weighted by Crippen LogP contribution is 2.09. The smallest absolute Gasteiger partial charge is 0.317 e. The normalized spacial score (nSPS) is 15.6. The number of hydrogen-bond acceptors (Lipinski definition) is 2. The summed E-state index contributed by atoms with van der Waals surface area (Å²) >= 11 is 0. The van der Waals surface area contributed by atoms with Crippen molar-refractivity contribution in [2.75, 3.05) is 19.6 Å². The van der Waals surface area contributed by atoms with Crippen LogP contribution in [0.2, 0.25) is 0 Å². The van der Waals surface area contributed by atoms with Gasteiger partial charge in [0.15, 0.2) is 0 Å². The molecule has 1 heterocycles. The first-order valence-electron chi connectivity index (χ1n) is 5.50. The van der Waals surface area contributed by atoms with Crippen LogP contribution in [0.25, 0.3) is 0 Å². The maximum absolute atomic E-state index is 11.6. The van der Waals surface area contributed by atoms with Gasteiger partial charge in [0, 0.05) is 26.1 Å². The second-order valence-electron chi connectivity index (χ2n) is 3.98. The molecular formula is C11H18N2O3. The largest absolute Gasteiger partial charge is 0.481 e. The first kappa shape index (κ1) is 12.5. The first-order chi connectivity index (χ1) is 7.59. The summed E-state index contributed by atoms with van der Waals surface area (Å²) in [5.74, 6) is -0.828. The Morgan fingerprint density at radius 2 is 2.31 bits per heavy atom. The summed E-state index contributed by atoms with van der Waals surface area (Å²) in [5.41, 5.74) is 1.31. The lowest BCUT2D eigenvalue weighted by molar-refractivity contribution is -0.137. The van der Waals surface area contributed by atoms with E-state index in [1.165, 1.54) is 5.57 Å². The third kappa shape index (κ3) is 4.33. The van der Waals surface area contributed by atoms with Gasteiger partial charge in [-0.05, 0) is 19.8 Å². The van der Waals surface area contributed by atoms with Crippen molar-refractivity contribution >= 4 is 12.0 Å². The fourth-order valence-electron chi connectivity index (χ4n) is 1.50. The third-order valence-corrected chi connectivity index (χ3v) is 2.57. The molecule has 0 radical (unpaired) electrons. The van der Waals surface area contributed by atoms with Gasteiger partial charge in [-0.15, -0.1) is 0 Å². The van der Waals surface area contributed by atoms with Crippen LogP contribution in [0.1, 0.15) is 26.2 Å². The van der Waals surface area contributed by atoms with Crippen LogP contribution in [0, 0.1) is 0 Å². The van der Waals surface area contributed by atoms with Crippen LogP contribution in [0.5, 0.6) is 0 Å². The van der Waals surface area contributed by atoms with Gasteiger partial charge in [-0.25, -0.2) is 4.79 Å². The highest BCUT2D eigenvalue weighted by Gasteiger charge is 2.14. The van der Waals surface area contributed by atoms with E-state index in [-0.39, 0.29) is 12.5 Å². The monoisotopic (exact) mass is 226 g/mol. The van der Waals surface area contributed by atoms with Crippen molar-refractivity contribution in [1.82, 2.24) is 10.2 Å². The molecule has 0 fully saturated rings. The molecule has 5 heteroatoms. The molecule has 0 aromatic heterocycles. The molecule has 1 rings (SSSR count). The van der Waals surface area contributed by atoms with Crippen molar-refractivity contribution in [3.05, 3.63) is 11.6 Å². The minimum atomic E-state index is -0.828. The zero-order valence-electron chi connectivity index (χ0n) is 9.53. The van der Waals surface area contributed by atoms with Crippen LogP contribution in [0.15, 0.2) is 11.6 Å². The second kappa shape index (κ2) is 6.15. The van der Waals surface area contributed by atoms with Crippen LogP contribution in [0.4, 0.5) is 4.79 Å². The van der Waals surface area contributed by atoms with Crippen LogP contribution in [-0.4, -0.2) is 41.6 Å². The van der Waals surface area contributed by atoms with Crippen molar-refractivity contribution in [3.8, 4) is 0 Å². The zero-order valence-corrected chi connectivity index (χ0v) is 9.53. The molecule has 2 amide bonds. The molecule has 0 aliphatic carbocycles. The van der Waals surface area contributed by atoms with Gasteiger partial charge in [0.1, 0.15) is 0 Å². The Balaban J connectivity index is 2.18. The summed E-state index contributed by atoms with van der Waals surface area (Å²) < 4.78 is 0. The van der Waals surface area contributed by atoms with Crippen LogP contribution in [0.3, 0.4) is 0 Å². The molecule has 16 heavy (non-hydrogen) atoms. The van der Waals surface area contributed by atoms with Crippen molar-refractivity contribution < 1.29 is 14.7 Å². The van der Waals surface area contributed by atoms with E-state index in [9.17, 15) is 9.59 Å². The predicted molar refractivity (Wildman–Crippen MR) is 60.2 cm³/mol. The number of hydrogen-bond donors (Lipinski definition) is 2. The van der Waals surface area contributed by atoms with Gasteiger partial charge in [-0.2, -0.15) is 0 Å². The SMILES string of the molecule is CC1=CCN(C(=O)NCCCC(=O)O)CC1. The Morgan fingerprint density at radius 3 is 2.88 bits per heavy atom. The molecule has 0 atom stereocenters. The van der Waals surface area contributed by atoms with E-state index in [1.54, 1.807) is 4.90 Å². The quantitative estimate of drug-likeness (QED) is 0.559. The fraction of sp³-hybridized carbons (Fsp3) is 0.636. The maximum Gasteiger partial charge on any atom is 0.317 e. The van der Waals surface area contributed by atoms with Crippen LogP contribution >= 0.6 is 0 Å². The Labute approximate surface area is 95.1 Å². The molecule has 2 N–H and O–H groups in total. The first-order valence-corrected chi connectivity index (χ1v) is 5.50. The third-order valence-electron chi connectivity index (χ3n) is 2.57. The van der Waals surface area contributed by atoms with E-state index in [0.29, 0.717) is 19.5 Å².